The van der Waals surface area contributed by atoms with Gasteiger partial charge in [0, 0.05) is 4.90 Å². The summed E-state index contributed by atoms with van der Waals surface area (Å²) in [5.74, 6) is -0.0833. The molecule has 0 aliphatic rings. The molecule has 0 bridgehead atoms. The van der Waals surface area contributed by atoms with Gasteiger partial charge in [0.05, 0.1) is 11.3 Å². The van der Waals surface area contributed by atoms with E-state index in [4.69, 9.17) is 5.73 Å². The van der Waals surface area contributed by atoms with Crippen LogP contribution in [0.4, 0.5) is 0 Å². The first-order valence-electron chi connectivity index (χ1n) is 5.90. The van der Waals surface area contributed by atoms with Crippen LogP contribution in [0, 0.1) is 6.92 Å². The summed E-state index contributed by atoms with van der Waals surface area (Å²) in [7, 11) is 0. The lowest BCUT2D eigenvalue weighted by atomic mass is 10.1. The molecule has 0 heterocycles. The fourth-order valence-electron chi connectivity index (χ4n) is 1.81. The quantitative estimate of drug-likeness (QED) is 0.900. The van der Waals surface area contributed by atoms with Gasteiger partial charge in [-0.2, -0.15) is 0 Å². The molecule has 19 heavy (non-hydrogen) atoms. The van der Waals surface area contributed by atoms with Gasteiger partial charge in [-0.05, 0) is 36.2 Å². The number of primary amides is 1. The van der Waals surface area contributed by atoms with Gasteiger partial charge in [0.2, 0.25) is 5.91 Å². The molecule has 0 fully saturated rings. The molecule has 0 spiro atoms. The number of carbonyl (C=O) groups is 1. The number of hydrogen-bond acceptors (Lipinski definition) is 3. The van der Waals surface area contributed by atoms with Gasteiger partial charge in [0.1, 0.15) is 5.75 Å². The van der Waals surface area contributed by atoms with Crippen LogP contribution in [0.1, 0.15) is 11.1 Å². The Bertz CT molecular complexity index is 611. The summed E-state index contributed by atoms with van der Waals surface area (Å²) in [4.78, 5) is 12.8. The normalized spacial score (nSPS) is 10.4. The molecular formula is C15H15NO2S. The maximum Gasteiger partial charge on any atom is 0.221 e. The molecule has 3 nitrogen and oxygen atoms in total. The van der Waals surface area contributed by atoms with Gasteiger partial charge in [-0.1, -0.05) is 36.0 Å². The van der Waals surface area contributed by atoms with Crippen LogP contribution in [0.15, 0.2) is 52.3 Å². The fourth-order valence-corrected chi connectivity index (χ4v) is 2.80. The summed E-state index contributed by atoms with van der Waals surface area (Å²) in [5, 5.41) is 9.78. The Morgan fingerprint density at radius 3 is 2.53 bits per heavy atom. The van der Waals surface area contributed by atoms with E-state index >= 15 is 0 Å². The highest BCUT2D eigenvalue weighted by atomic mass is 32.2. The molecule has 0 aliphatic heterocycles. The van der Waals surface area contributed by atoms with E-state index < -0.39 is 0 Å². The largest absolute Gasteiger partial charge is 0.507 e. The molecule has 2 rings (SSSR count). The summed E-state index contributed by atoms with van der Waals surface area (Å²) in [5.41, 5.74) is 7.18. The summed E-state index contributed by atoms with van der Waals surface area (Å²) in [6, 6.07) is 12.9. The summed E-state index contributed by atoms with van der Waals surface area (Å²) >= 11 is 1.48. The van der Waals surface area contributed by atoms with Crippen LogP contribution in [-0.4, -0.2) is 11.0 Å². The average molecular weight is 273 g/mol. The molecule has 2 aromatic carbocycles. The molecule has 1 amide bonds. The van der Waals surface area contributed by atoms with Crippen molar-refractivity contribution < 1.29 is 9.90 Å². The van der Waals surface area contributed by atoms with Gasteiger partial charge in [0.25, 0.3) is 0 Å². The van der Waals surface area contributed by atoms with E-state index in [1.165, 1.54) is 11.8 Å². The van der Waals surface area contributed by atoms with Crippen molar-refractivity contribution >= 4 is 17.7 Å². The third-order valence-electron chi connectivity index (χ3n) is 2.85. The Hall–Kier alpha value is -1.94. The molecule has 0 atom stereocenters. The Morgan fingerprint density at radius 1 is 1.16 bits per heavy atom. The number of amides is 1. The van der Waals surface area contributed by atoms with E-state index in [1.807, 2.05) is 37.3 Å². The van der Waals surface area contributed by atoms with Crippen LogP contribution in [0.3, 0.4) is 0 Å². The van der Waals surface area contributed by atoms with Crippen LogP contribution in [-0.2, 0) is 11.2 Å². The second-order valence-corrected chi connectivity index (χ2v) is 5.34. The Kier molecular flexibility index (Phi) is 4.12. The van der Waals surface area contributed by atoms with Crippen molar-refractivity contribution in [3.8, 4) is 5.75 Å². The number of benzene rings is 2. The van der Waals surface area contributed by atoms with Crippen molar-refractivity contribution in [3.63, 3.8) is 0 Å². The first-order valence-corrected chi connectivity index (χ1v) is 6.72. The predicted molar refractivity (Wildman–Crippen MR) is 76.3 cm³/mol. The topological polar surface area (TPSA) is 63.3 Å². The SMILES string of the molecule is Cc1c(CC(N)=O)cccc1Sc1ccccc1O. The molecule has 0 aromatic heterocycles. The van der Waals surface area contributed by atoms with Crippen LogP contribution < -0.4 is 5.73 Å². The highest BCUT2D eigenvalue weighted by Crippen LogP contribution is 2.36. The van der Waals surface area contributed by atoms with E-state index in [2.05, 4.69) is 0 Å². The highest BCUT2D eigenvalue weighted by molar-refractivity contribution is 7.99. The van der Waals surface area contributed by atoms with Gasteiger partial charge in [0.15, 0.2) is 0 Å². The number of rotatable bonds is 4. The summed E-state index contributed by atoms with van der Waals surface area (Å²) < 4.78 is 0. The molecule has 3 N–H and O–H groups in total. The Balaban J connectivity index is 2.31. The predicted octanol–water partition coefficient (Wildman–Crippen LogP) is 2.88. The zero-order valence-corrected chi connectivity index (χ0v) is 11.4. The number of hydrogen-bond donors (Lipinski definition) is 2. The van der Waals surface area contributed by atoms with Gasteiger partial charge < -0.3 is 10.8 Å². The van der Waals surface area contributed by atoms with Crippen LogP contribution in [0.2, 0.25) is 0 Å². The zero-order valence-electron chi connectivity index (χ0n) is 10.6. The number of phenols is 1. The first-order chi connectivity index (χ1) is 9.08. The van der Waals surface area contributed by atoms with Gasteiger partial charge in [-0.25, -0.2) is 0 Å². The minimum absolute atomic E-state index is 0.237. The Labute approximate surface area is 116 Å². The van der Waals surface area contributed by atoms with Crippen molar-refractivity contribution in [3.05, 3.63) is 53.6 Å². The van der Waals surface area contributed by atoms with Crippen molar-refractivity contribution in [2.75, 3.05) is 0 Å². The Morgan fingerprint density at radius 2 is 1.84 bits per heavy atom. The molecule has 2 aromatic rings. The number of carbonyl (C=O) groups excluding carboxylic acids is 1. The molecule has 0 saturated heterocycles. The van der Waals surface area contributed by atoms with Crippen molar-refractivity contribution in [1.82, 2.24) is 0 Å². The van der Waals surface area contributed by atoms with Gasteiger partial charge in [-0.15, -0.1) is 0 Å². The summed E-state index contributed by atoms with van der Waals surface area (Å²) in [6.45, 7) is 1.96. The van der Waals surface area contributed by atoms with E-state index in [1.54, 1.807) is 12.1 Å². The first kappa shape index (κ1) is 13.5. The second kappa shape index (κ2) is 5.80. The van der Waals surface area contributed by atoms with E-state index in [0.717, 1.165) is 20.9 Å². The molecule has 0 aliphatic carbocycles. The number of aromatic hydroxyl groups is 1. The van der Waals surface area contributed by atoms with Crippen molar-refractivity contribution in [2.24, 2.45) is 5.73 Å². The molecule has 98 valence electrons. The van der Waals surface area contributed by atoms with Crippen LogP contribution in [0.25, 0.3) is 0 Å². The average Bonchev–Trinajstić information content (AvgIpc) is 2.36. The van der Waals surface area contributed by atoms with Crippen molar-refractivity contribution in [1.29, 1.82) is 0 Å². The molecular weight excluding hydrogens is 258 g/mol. The second-order valence-electron chi connectivity index (χ2n) is 4.25. The lowest BCUT2D eigenvalue weighted by molar-refractivity contribution is -0.117. The molecule has 4 heteroatoms. The van der Waals surface area contributed by atoms with E-state index in [9.17, 15) is 9.90 Å². The van der Waals surface area contributed by atoms with E-state index in [0.29, 0.717) is 0 Å². The number of nitrogens with two attached hydrogens (primary N) is 1. The lowest BCUT2D eigenvalue weighted by Gasteiger charge is -2.10. The highest BCUT2D eigenvalue weighted by Gasteiger charge is 2.09. The number of phenolic OH excluding ortho intramolecular Hbond substituents is 1. The minimum atomic E-state index is -0.340. The van der Waals surface area contributed by atoms with Gasteiger partial charge in [-0.3, -0.25) is 4.79 Å². The third kappa shape index (κ3) is 3.29. The maximum atomic E-state index is 11.0. The smallest absolute Gasteiger partial charge is 0.221 e. The van der Waals surface area contributed by atoms with Gasteiger partial charge >= 0.3 is 0 Å². The minimum Gasteiger partial charge on any atom is -0.507 e. The third-order valence-corrected chi connectivity index (χ3v) is 4.07. The van der Waals surface area contributed by atoms with Crippen LogP contribution >= 0.6 is 11.8 Å². The molecule has 0 radical (unpaired) electrons. The zero-order chi connectivity index (χ0) is 13.8. The maximum absolute atomic E-state index is 11.0. The monoisotopic (exact) mass is 273 g/mol. The van der Waals surface area contributed by atoms with E-state index in [-0.39, 0.29) is 18.1 Å². The van der Waals surface area contributed by atoms with Crippen LogP contribution in [0.5, 0.6) is 5.75 Å². The van der Waals surface area contributed by atoms with Crippen molar-refractivity contribution in [2.45, 2.75) is 23.1 Å². The summed E-state index contributed by atoms with van der Waals surface area (Å²) in [6.07, 6.45) is 0.237. The fraction of sp³-hybridized carbons (Fsp3) is 0.133. The molecule has 0 saturated carbocycles. The number of para-hydroxylation sites is 1. The lowest BCUT2D eigenvalue weighted by Crippen LogP contribution is -2.14. The standard InChI is InChI=1S/C15H15NO2S/c1-10-11(9-15(16)18)5-4-8-13(10)19-14-7-3-2-6-12(14)17/h2-8,17H,9H2,1H3,(H2,16,18). The molecule has 0 unspecified atom stereocenters.